The van der Waals surface area contributed by atoms with Gasteiger partial charge < -0.3 is 9.30 Å². The van der Waals surface area contributed by atoms with Crippen LogP contribution in [0.5, 0.6) is 0 Å². The van der Waals surface area contributed by atoms with Gasteiger partial charge in [0, 0.05) is 23.3 Å². The molecule has 0 aliphatic rings. The Bertz CT molecular complexity index is 558. The first-order valence-corrected chi connectivity index (χ1v) is 6.50. The van der Waals surface area contributed by atoms with Crippen molar-refractivity contribution in [3.8, 4) is 11.1 Å². The summed E-state index contributed by atoms with van der Waals surface area (Å²) in [5.74, 6) is -0.289. The molecule has 4 heteroatoms. The predicted octanol–water partition coefficient (Wildman–Crippen LogP) is 3.63. The summed E-state index contributed by atoms with van der Waals surface area (Å²) in [5, 5.41) is 0. The zero-order valence-corrected chi connectivity index (χ0v) is 11.9. The molecule has 0 saturated heterocycles. The SMILES string of the molecule is CCOC(=O)c1cc(-c2ccc(Br)cc2)cn1C. The lowest BCUT2D eigenvalue weighted by molar-refractivity contribution is 0.0515. The molecule has 0 radical (unpaired) electrons. The molecule has 2 rings (SSSR count). The van der Waals surface area contributed by atoms with Crippen LogP contribution in [0, 0.1) is 0 Å². The molecule has 2 aromatic rings. The molecule has 0 fully saturated rings. The molecule has 0 unspecified atom stereocenters. The number of aryl methyl sites for hydroxylation is 1. The van der Waals surface area contributed by atoms with Crippen molar-refractivity contribution in [1.29, 1.82) is 0 Å². The molecule has 1 heterocycles. The number of halogens is 1. The maximum atomic E-state index is 11.7. The van der Waals surface area contributed by atoms with Crippen LogP contribution in [0.2, 0.25) is 0 Å². The normalized spacial score (nSPS) is 10.4. The molecule has 0 atom stereocenters. The minimum absolute atomic E-state index is 0.289. The van der Waals surface area contributed by atoms with E-state index in [2.05, 4.69) is 15.9 Å². The van der Waals surface area contributed by atoms with Crippen LogP contribution < -0.4 is 0 Å². The largest absolute Gasteiger partial charge is 0.461 e. The van der Waals surface area contributed by atoms with E-state index in [-0.39, 0.29) is 5.97 Å². The first kappa shape index (κ1) is 12.9. The fourth-order valence-corrected chi connectivity index (χ4v) is 2.04. The summed E-state index contributed by atoms with van der Waals surface area (Å²) in [6, 6.07) is 9.82. The van der Waals surface area contributed by atoms with Gasteiger partial charge in [-0.1, -0.05) is 28.1 Å². The van der Waals surface area contributed by atoms with Crippen LogP contribution in [-0.4, -0.2) is 17.1 Å². The highest BCUT2D eigenvalue weighted by atomic mass is 79.9. The van der Waals surface area contributed by atoms with E-state index in [4.69, 9.17) is 4.74 Å². The van der Waals surface area contributed by atoms with Crippen LogP contribution in [0.4, 0.5) is 0 Å². The number of ether oxygens (including phenoxy) is 1. The van der Waals surface area contributed by atoms with Crippen molar-refractivity contribution in [2.45, 2.75) is 6.92 Å². The number of nitrogens with zero attached hydrogens (tertiary/aromatic N) is 1. The molecular weight excluding hydrogens is 294 g/mol. The van der Waals surface area contributed by atoms with Gasteiger partial charge in [0.1, 0.15) is 5.69 Å². The third-order valence-electron chi connectivity index (χ3n) is 2.67. The fraction of sp³-hybridized carbons (Fsp3) is 0.214. The van der Waals surface area contributed by atoms with Gasteiger partial charge in [0.15, 0.2) is 0 Å². The Morgan fingerprint density at radius 3 is 2.56 bits per heavy atom. The zero-order chi connectivity index (χ0) is 13.1. The highest BCUT2D eigenvalue weighted by Crippen LogP contribution is 2.24. The van der Waals surface area contributed by atoms with Crippen molar-refractivity contribution in [3.05, 3.63) is 46.7 Å². The minimum atomic E-state index is -0.289. The van der Waals surface area contributed by atoms with E-state index in [1.54, 1.807) is 11.5 Å². The molecule has 0 saturated carbocycles. The maximum Gasteiger partial charge on any atom is 0.354 e. The Balaban J connectivity index is 2.34. The van der Waals surface area contributed by atoms with Crippen molar-refractivity contribution in [2.75, 3.05) is 6.61 Å². The van der Waals surface area contributed by atoms with Crippen LogP contribution in [0.3, 0.4) is 0 Å². The number of hydrogen-bond acceptors (Lipinski definition) is 2. The van der Waals surface area contributed by atoms with Crippen molar-refractivity contribution in [1.82, 2.24) is 4.57 Å². The van der Waals surface area contributed by atoms with Crippen molar-refractivity contribution in [2.24, 2.45) is 7.05 Å². The molecule has 0 aliphatic carbocycles. The Morgan fingerprint density at radius 1 is 1.28 bits per heavy atom. The Hall–Kier alpha value is -1.55. The zero-order valence-electron chi connectivity index (χ0n) is 10.3. The minimum Gasteiger partial charge on any atom is -0.461 e. The van der Waals surface area contributed by atoms with Gasteiger partial charge in [0.05, 0.1) is 6.61 Å². The van der Waals surface area contributed by atoms with Crippen LogP contribution >= 0.6 is 15.9 Å². The number of rotatable bonds is 3. The molecule has 0 bridgehead atoms. The van der Waals surface area contributed by atoms with E-state index in [1.165, 1.54) is 0 Å². The molecule has 1 aromatic carbocycles. The number of benzene rings is 1. The molecule has 3 nitrogen and oxygen atoms in total. The van der Waals surface area contributed by atoms with Gasteiger partial charge in [0.2, 0.25) is 0 Å². The van der Waals surface area contributed by atoms with Crippen LogP contribution in [0.1, 0.15) is 17.4 Å². The van der Waals surface area contributed by atoms with Gasteiger partial charge in [-0.2, -0.15) is 0 Å². The lowest BCUT2D eigenvalue weighted by Gasteiger charge is -2.01. The van der Waals surface area contributed by atoms with Gasteiger partial charge in [-0.05, 0) is 30.7 Å². The number of esters is 1. The van der Waals surface area contributed by atoms with E-state index in [1.807, 2.05) is 43.6 Å². The van der Waals surface area contributed by atoms with Crippen LogP contribution in [0.15, 0.2) is 41.0 Å². The topological polar surface area (TPSA) is 31.2 Å². The van der Waals surface area contributed by atoms with E-state index < -0.39 is 0 Å². The second-order valence-electron chi connectivity index (χ2n) is 3.95. The van der Waals surface area contributed by atoms with E-state index in [0.717, 1.165) is 15.6 Å². The Kier molecular flexibility index (Phi) is 3.87. The van der Waals surface area contributed by atoms with Gasteiger partial charge in [-0.15, -0.1) is 0 Å². The van der Waals surface area contributed by atoms with E-state index >= 15 is 0 Å². The second-order valence-corrected chi connectivity index (χ2v) is 4.87. The summed E-state index contributed by atoms with van der Waals surface area (Å²) < 4.78 is 7.83. The summed E-state index contributed by atoms with van der Waals surface area (Å²) in [5.41, 5.74) is 2.65. The van der Waals surface area contributed by atoms with Gasteiger partial charge in [-0.3, -0.25) is 0 Å². The predicted molar refractivity (Wildman–Crippen MR) is 74.5 cm³/mol. The van der Waals surface area contributed by atoms with Crippen LogP contribution in [0.25, 0.3) is 11.1 Å². The third-order valence-corrected chi connectivity index (χ3v) is 3.20. The van der Waals surface area contributed by atoms with Crippen molar-refractivity contribution < 1.29 is 9.53 Å². The van der Waals surface area contributed by atoms with Gasteiger partial charge in [-0.25, -0.2) is 4.79 Å². The van der Waals surface area contributed by atoms with Crippen molar-refractivity contribution >= 4 is 21.9 Å². The average molecular weight is 308 g/mol. The number of aromatic nitrogens is 1. The summed E-state index contributed by atoms with van der Waals surface area (Å²) in [4.78, 5) is 11.7. The quantitative estimate of drug-likeness (QED) is 0.811. The average Bonchev–Trinajstić information content (AvgIpc) is 2.72. The smallest absolute Gasteiger partial charge is 0.354 e. The fourth-order valence-electron chi connectivity index (χ4n) is 1.77. The third kappa shape index (κ3) is 2.64. The lowest BCUT2D eigenvalue weighted by atomic mass is 10.1. The molecule has 18 heavy (non-hydrogen) atoms. The Labute approximate surface area is 115 Å². The van der Waals surface area contributed by atoms with Gasteiger partial charge >= 0.3 is 5.97 Å². The maximum absolute atomic E-state index is 11.7. The highest BCUT2D eigenvalue weighted by Gasteiger charge is 2.13. The van der Waals surface area contributed by atoms with Crippen LogP contribution in [-0.2, 0) is 11.8 Å². The second kappa shape index (κ2) is 5.40. The lowest BCUT2D eigenvalue weighted by Crippen LogP contribution is -2.08. The molecule has 0 N–H and O–H groups in total. The molecular formula is C14H14BrNO2. The first-order valence-electron chi connectivity index (χ1n) is 5.71. The summed E-state index contributed by atoms with van der Waals surface area (Å²) in [7, 11) is 1.84. The van der Waals surface area contributed by atoms with Gasteiger partial charge in [0.25, 0.3) is 0 Å². The monoisotopic (exact) mass is 307 g/mol. The molecule has 0 spiro atoms. The van der Waals surface area contributed by atoms with E-state index in [9.17, 15) is 4.79 Å². The standard InChI is InChI=1S/C14H14BrNO2/c1-3-18-14(17)13-8-11(9-16(13)2)10-4-6-12(15)7-5-10/h4-9H,3H2,1-2H3. The molecule has 1 aromatic heterocycles. The first-order chi connectivity index (χ1) is 8.61. The summed E-state index contributed by atoms with van der Waals surface area (Å²) in [6.45, 7) is 2.19. The van der Waals surface area contributed by atoms with E-state index in [0.29, 0.717) is 12.3 Å². The molecule has 0 aliphatic heterocycles. The number of hydrogen-bond donors (Lipinski definition) is 0. The number of carbonyl (C=O) groups is 1. The van der Waals surface area contributed by atoms with Crippen molar-refractivity contribution in [3.63, 3.8) is 0 Å². The summed E-state index contributed by atoms with van der Waals surface area (Å²) >= 11 is 3.40. The summed E-state index contributed by atoms with van der Waals surface area (Å²) in [6.07, 6.45) is 1.93. The highest BCUT2D eigenvalue weighted by molar-refractivity contribution is 9.10. The molecule has 0 amide bonds. The molecule has 94 valence electrons. The Morgan fingerprint density at radius 2 is 1.94 bits per heavy atom. The number of carbonyl (C=O) groups excluding carboxylic acids is 1.